The maximum absolute atomic E-state index is 12.6. The summed E-state index contributed by atoms with van der Waals surface area (Å²) in [6, 6.07) is 5.11. The lowest BCUT2D eigenvalue weighted by Gasteiger charge is -2.56. The lowest BCUT2D eigenvalue weighted by Crippen LogP contribution is -2.48. The van der Waals surface area contributed by atoms with Crippen LogP contribution in [0.5, 0.6) is 0 Å². The van der Waals surface area contributed by atoms with E-state index in [-0.39, 0.29) is 11.3 Å². The van der Waals surface area contributed by atoms with Crippen molar-refractivity contribution in [2.24, 2.45) is 23.2 Å². The summed E-state index contributed by atoms with van der Waals surface area (Å²) in [5.41, 5.74) is 0.894. The van der Waals surface area contributed by atoms with Gasteiger partial charge in [-0.1, -0.05) is 23.2 Å². The fourth-order valence-corrected chi connectivity index (χ4v) is 6.56. The molecule has 6 heteroatoms. The minimum Gasteiger partial charge on any atom is -0.332 e. The SMILES string of the molecule is O=C(CC12CC3CC(CC(C3)C1)C2)NC(=S)Nc1cc(Cl)cc(Cl)c1. The standard InChI is InChI=1S/C19H22Cl2N2OS/c20-14-4-15(21)6-16(5-14)22-18(25)23-17(24)10-19-7-11-1-12(8-19)3-13(2-11)9-19/h4-6,11-13H,1-3,7-10H2,(H2,22,23,24,25). The number of halogens is 2. The normalized spacial score (nSPS) is 32.5. The van der Waals surface area contributed by atoms with Crippen LogP contribution in [0.2, 0.25) is 10.0 Å². The Morgan fingerprint density at radius 2 is 1.56 bits per heavy atom. The van der Waals surface area contributed by atoms with E-state index in [1.807, 2.05) is 0 Å². The van der Waals surface area contributed by atoms with Crippen LogP contribution in [0.15, 0.2) is 18.2 Å². The quantitative estimate of drug-likeness (QED) is 0.670. The molecular weight excluding hydrogens is 375 g/mol. The fraction of sp³-hybridized carbons (Fsp3) is 0.579. The van der Waals surface area contributed by atoms with Crippen LogP contribution in [-0.2, 0) is 4.79 Å². The predicted octanol–water partition coefficient (Wildman–Crippen LogP) is 5.41. The zero-order valence-electron chi connectivity index (χ0n) is 14.0. The minimum absolute atomic E-state index is 0.0209. The Morgan fingerprint density at radius 3 is 2.08 bits per heavy atom. The van der Waals surface area contributed by atoms with Gasteiger partial charge in [-0.2, -0.15) is 0 Å². The lowest BCUT2D eigenvalue weighted by molar-refractivity contribution is -0.127. The molecule has 0 atom stereocenters. The van der Waals surface area contributed by atoms with Gasteiger partial charge in [-0.05, 0) is 92.1 Å². The van der Waals surface area contributed by atoms with Crippen molar-refractivity contribution in [2.45, 2.75) is 44.9 Å². The van der Waals surface area contributed by atoms with Gasteiger partial charge in [0.05, 0.1) is 0 Å². The van der Waals surface area contributed by atoms with E-state index in [4.69, 9.17) is 35.4 Å². The van der Waals surface area contributed by atoms with Crippen molar-refractivity contribution in [2.75, 3.05) is 5.32 Å². The summed E-state index contributed by atoms with van der Waals surface area (Å²) in [6.45, 7) is 0. The van der Waals surface area contributed by atoms with Crippen molar-refractivity contribution in [1.82, 2.24) is 5.32 Å². The summed E-state index contributed by atoms with van der Waals surface area (Å²) in [6.07, 6.45) is 8.40. The summed E-state index contributed by atoms with van der Waals surface area (Å²) in [5.74, 6) is 2.56. The lowest BCUT2D eigenvalue weighted by atomic mass is 9.49. The number of carbonyl (C=O) groups is 1. The van der Waals surface area contributed by atoms with E-state index in [1.165, 1.54) is 38.5 Å². The Balaban J connectivity index is 1.35. The first-order valence-electron chi connectivity index (χ1n) is 8.96. The maximum Gasteiger partial charge on any atom is 0.226 e. The van der Waals surface area contributed by atoms with E-state index in [1.54, 1.807) is 18.2 Å². The highest BCUT2D eigenvalue weighted by atomic mass is 35.5. The van der Waals surface area contributed by atoms with Crippen molar-refractivity contribution in [3.05, 3.63) is 28.2 Å². The highest BCUT2D eigenvalue weighted by Crippen LogP contribution is 2.61. The highest BCUT2D eigenvalue weighted by Gasteiger charge is 2.51. The first-order chi connectivity index (χ1) is 11.9. The van der Waals surface area contributed by atoms with E-state index in [9.17, 15) is 4.79 Å². The molecule has 0 aromatic heterocycles. The zero-order chi connectivity index (χ0) is 17.6. The number of benzene rings is 1. The molecule has 0 aliphatic heterocycles. The summed E-state index contributed by atoms with van der Waals surface area (Å²) < 4.78 is 0. The third-order valence-electron chi connectivity index (χ3n) is 6.07. The molecule has 134 valence electrons. The van der Waals surface area contributed by atoms with E-state index in [0.717, 1.165) is 17.8 Å². The van der Waals surface area contributed by atoms with Gasteiger partial charge in [0.15, 0.2) is 5.11 Å². The number of hydrogen-bond acceptors (Lipinski definition) is 2. The molecule has 4 fully saturated rings. The molecule has 2 N–H and O–H groups in total. The van der Waals surface area contributed by atoms with E-state index in [0.29, 0.717) is 27.3 Å². The molecule has 4 bridgehead atoms. The number of anilines is 1. The molecule has 4 aliphatic rings. The van der Waals surface area contributed by atoms with Crippen LogP contribution in [0.25, 0.3) is 0 Å². The number of carbonyl (C=O) groups excluding carboxylic acids is 1. The Kier molecular flexibility index (Phi) is 4.72. The van der Waals surface area contributed by atoms with Gasteiger partial charge in [0, 0.05) is 22.2 Å². The minimum atomic E-state index is 0.0209. The van der Waals surface area contributed by atoms with Gasteiger partial charge in [-0.25, -0.2) is 0 Å². The van der Waals surface area contributed by atoms with Gasteiger partial charge in [0.2, 0.25) is 5.91 Å². The van der Waals surface area contributed by atoms with Crippen LogP contribution >= 0.6 is 35.4 Å². The molecule has 5 rings (SSSR count). The molecule has 3 nitrogen and oxygen atoms in total. The van der Waals surface area contributed by atoms with Crippen LogP contribution in [-0.4, -0.2) is 11.0 Å². The molecule has 1 amide bonds. The number of amides is 1. The summed E-state index contributed by atoms with van der Waals surface area (Å²) in [5, 5.41) is 7.18. The van der Waals surface area contributed by atoms with Crippen molar-refractivity contribution in [3.63, 3.8) is 0 Å². The van der Waals surface area contributed by atoms with Crippen LogP contribution in [0.4, 0.5) is 5.69 Å². The van der Waals surface area contributed by atoms with Gasteiger partial charge in [-0.3, -0.25) is 4.79 Å². The van der Waals surface area contributed by atoms with Gasteiger partial charge in [0.25, 0.3) is 0 Å². The Labute approximate surface area is 163 Å². The van der Waals surface area contributed by atoms with E-state index >= 15 is 0 Å². The van der Waals surface area contributed by atoms with Crippen molar-refractivity contribution in [1.29, 1.82) is 0 Å². The van der Waals surface area contributed by atoms with Gasteiger partial charge >= 0.3 is 0 Å². The molecular formula is C19H22Cl2N2OS. The Morgan fingerprint density at radius 1 is 1.04 bits per heavy atom. The van der Waals surface area contributed by atoms with Gasteiger partial charge < -0.3 is 10.6 Å². The first-order valence-corrected chi connectivity index (χ1v) is 10.1. The molecule has 0 radical (unpaired) electrons. The van der Waals surface area contributed by atoms with Crippen LogP contribution < -0.4 is 10.6 Å². The average Bonchev–Trinajstić information content (AvgIpc) is 2.42. The molecule has 1 aromatic carbocycles. The van der Waals surface area contributed by atoms with E-state index in [2.05, 4.69) is 10.6 Å². The van der Waals surface area contributed by atoms with Crippen molar-refractivity contribution in [3.8, 4) is 0 Å². The second kappa shape index (κ2) is 6.71. The van der Waals surface area contributed by atoms with Gasteiger partial charge in [-0.15, -0.1) is 0 Å². The summed E-state index contributed by atoms with van der Waals surface area (Å²) >= 11 is 17.3. The number of thiocarbonyl (C=S) groups is 1. The van der Waals surface area contributed by atoms with Crippen LogP contribution in [0, 0.1) is 23.2 Å². The first kappa shape index (κ1) is 17.6. The summed E-state index contributed by atoms with van der Waals surface area (Å²) in [7, 11) is 0. The topological polar surface area (TPSA) is 41.1 Å². The number of hydrogen-bond donors (Lipinski definition) is 2. The number of nitrogens with one attached hydrogen (secondary N) is 2. The van der Waals surface area contributed by atoms with Crippen molar-refractivity contribution >= 4 is 52.1 Å². The molecule has 0 saturated heterocycles. The predicted molar refractivity (Wildman–Crippen MR) is 106 cm³/mol. The smallest absolute Gasteiger partial charge is 0.226 e. The third-order valence-corrected chi connectivity index (χ3v) is 6.71. The zero-order valence-corrected chi connectivity index (χ0v) is 16.3. The third kappa shape index (κ3) is 3.96. The second-order valence-electron chi connectivity index (χ2n) is 8.25. The van der Waals surface area contributed by atoms with Crippen molar-refractivity contribution < 1.29 is 4.79 Å². The maximum atomic E-state index is 12.6. The van der Waals surface area contributed by atoms with Crippen LogP contribution in [0.1, 0.15) is 44.9 Å². The van der Waals surface area contributed by atoms with E-state index < -0.39 is 0 Å². The van der Waals surface area contributed by atoms with Crippen LogP contribution in [0.3, 0.4) is 0 Å². The van der Waals surface area contributed by atoms with Gasteiger partial charge in [0.1, 0.15) is 0 Å². The molecule has 4 aliphatic carbocycles. The molecule has 4 saturated carbocycles. The number of rotatable bonds is 3. The molecule has 0 unspecified atom stereocenters. The molecule has 25 heavy (non-hydrogen) atoms. The molecule has 0 spiro atoms. The average molecular weight is 397 g/mol. The Bertz CT molecular complexity index is 666. The Hall–Kier alpha value is -0.840. The molecule has 0 heterocycles. The largest absolute Gasteiger partial charge is 0.332 e. The highest BCUT2D eigenvalue weighted by molar-refractivity contribution is 7.80. The second-order valence-corrected chi connectivity index (χ2v) is 9.54. The molecule has 1 aromatic rings. The summed E-state index contributed by atoms with van der Waals surface area (Å²) in [4.78, 5) is 12.6. The monoisotopic (exact) mass is 396 g/mol. The fourth-order valence-electron chi connectivity index (χ4n) is 5.81.